The highest BCUT2D eigenvalue weighted by atomic mass is 32.2. The summed E-state index contributed by atoms with van der Waals surface area (Å²) in [4.78, 5) is 2.44. The molecule has 23 heavy (non-hydrogen) atoms. The summed E-state index contributed by atoms with van der Waals surface area (Å²) in [7, 11) is -3.67. The van der Waals surface area contributed by atoms with Gasteiger partial charge in [0.25, 0.3) is 10.1 Å². The van der Waals surface area contributed by atoms with E-state index in [4.69, 9.17) is 10.3 Å². The van der Waals surface area contributed by atoms with Gasteiger partial charge in [0, 0.05) is 19.1 Å². The van der Waals surface area contributed by atoms with Crippen LogP contribution in [0, 0.1) is 0 Å². The summed E-state index contributed by atoms with van der Waals surface area (Å²) in [6, 6.07) is 22.0. The number of hydrogen-bond acceptors (Lipinski definition) is 4. The average Bonchev–Trinajstić information content (AvgIpc) is 2.46. The quantitative estimate of drug-likeness (QED) is 0.838. The lowest BCUT2D eigenvalue weighted by Crippen LogP contribution is -2.56. The van der Waals surface area contributed by atoms with Crippen molar-refractivity contribution in [2.24, 2.45) is 5.73 Å². The smallest absolute Gasteiger partial charge is 0.261 e. The molecule has 0 aromatic heterocycles. The lowest BCUT2D eigenvalue weighted by molar-refractivity contribution is 0.114. The van der Waals surface area contributed by atoms with Crippen LogP contribution in [0.4, 0.5) is 0 Å². The molecule has 0 amide bonds. The Morgan fingerprint density at radius 1 is 1.00 bits per heavy atom. The molecule has 1 saturated heterocycles. The molecule has 5 nitrogen and oxygen atoms in total. The fraction of sp³-hybridized carbons (Fsp3) is 0.294. The van der Waals surface area contributed by atoms with Gasteiger partial charge in [-0.2, -0.15) is 8.42 Å². The fourth-order valence-electron chi connectivity index (χ4n) is 2.64. The first-order chi connectivity index (χ1) is 10.8. The van der Waals surface area contributed by atoms with Crippen LogP contribution < -0.4 is 5.73 Å². The molecule has 3 rings (SSSR count). The van der Waals surface area contributed by atoms with Crippen molar-refractivity contribution in [3.8, 4) is 0 Å². The molecule has 1 aliphatic rings. The fourth-order valence-corrected chi connectivity index (χ4v) is 2.64. The maximum Gasteiger partial charge on any atom is 0.261 e. The van der Waals surface area contributed by atoms with Crippen LogP contribution in [-0.4, -0.2) is 43.3 Å². The minimum Gasteiger partial charge on any atom is -0.325 e. The summed E-state index contributed by atoms with van der Waals surface area (Å²) >= 11 is 0. The van der Waals surface area contributed by atoms with Crippen molar-refractivity contribution in [2.45, 2.75) is 12.1 Å². The normalized spacial score (nSPS) is 15.7. The van der Waals surface area contributed by atoms with Crippen molar-refractivity contribution in [2.75, 3.05) is 19.3 Å². The van der Waals surface area contributed by atoms with Gasteiger partial charge < -0.3 is 5.73 Å². The Hall–Kier alpha value is -1.73. The third-order valence-electron chi connectivity index (χ3n) is 3.53. The van der Waals surface area contributed by atoms with E-state index in [-0.39, 0.29) is 0 Å². The van der Waals surface area contributed by atoms with Crippen molar-refractivity contribution < 1.29 is 13.0 Å². The van der Waals surface area contributed by atoms with E-state index in [2.05, 4.69) is 65.6 Å². The largest absolute Gasteiger partial charge is 0.325 e. The molecule has 1 fully saturated rings. The van der Waals surface area contributed by atoms with Gasteiger partial charge in [0.15, 0.2) is 0 Å². The number of rotatable bonds is 3. The molecule has 2 aromatic carbocycles. The summed E-state index contributed by atoms with van der Waals surface area (Å²) in [6.07, 6.45) is 0.715. The zero-order chi connectivity index (χ0) is 16.9. The Morgan fingerprint density at radius 2 is 1.35 bits per heavy atom. The molecule has 2 aromatic rings. The molecule has 124 valence electrons. The predicted molar refractivity (Wildman–Crippen MR) is 91.7 cm³/mol. The van der Waals surface area contributed by atoms with E-state index in [1.165, 1.54) is 11.1 Å². The van der Waals surface area contributed by atoms with Crippen molar-refractivity contribution in [1.82, 2.24) is 4.90 Å². The zero-order valence-corrected chi connectivity index (χ0v) is 13.9. The van der Waals surface area contributed by atoms with E-state index < -0.39 is 10.1 Å². The monoisotopic (exact) mass is 334 g/mol. The molecule has 0 aliphatic carbocycles. The maximum atomic E-state index is 9.19. The van der Waals surface area contributed by atoms with Crippen LogP contribution >= 0.6 is 0 Å². The van der Waals surface area contributed by atoms with Crippen LogP contribution in [-0.2, 0) is 10.1 Å². The SMILES string of the molecule is CS(=O)(=O)O.NC1CN(C(c2ccccc2)c2ccccc2)C1. The van der Waals surface area contributed by atoms with Gasteiger partial charge in [-0.05, 0) is 11.1 Å². The lowest BCUT2D eigenvalue weighted by Gasteiger charge is -2.43. The molecule has 1 heterocycles. The second-order valence-electron chi connectivity index (χ2n) is 5.67. The van der Waals surface area contributed by atoms with E-state index in [1.807, 2.05) is 0 Å². The molecule has 0 saturated carbocycles. The average molecular weight is 334 g/mol. The number of likely N-dealkylation sites (tertiary alicyclic amines) is 1. The zero-order valence-electron chi connectivity index (χ0n) is 13.0. The van der Waals surface area contributed by atoms with Gasteiger partial charge in [-0.3, -0.25) is 9.45 Å². The third-order valence-corrected chi connectivity index (χ3v) is 3.53. The summed E-state index contributed by atoms with van der Waals surface area (Å²) in [6.45, 7) is 1.96. The van der Waals surface area contributed by atoms with Gasteiger partial charge in [-0.15, -0.1) is 0 Å². The minimum absolute atomic E-state index is 0.333. The third kappa shape index (κ3) is 5.76. The summed E-state index contributed by atoms with van der Waals surface area (Å²) in [5, 5.41) is 0. The van der Waals surface area contributed by atoms with Crippen molar-refractivity contribution in [3.05, 3.63) is 71.8 Å². The Labute approximate surface area is 137 Å². The molecule has 0 radical (unpaired) electrons. The highest BCUT2D eigenvalue weighted by Gasteiger charge is 2.31. The maximum absolute atomic E-state index is 9.19. The highest BCUT2D eigenvalue weighted by Crippen LogP contribution is 2.31. The molecule has 3 N–H and O–H groups in total. The Balaban J connectivity index is 0.000000338. The van der Waals surface area contributed by atoms with Crippen molar-refractivity contribution in [3.63, 3.8) is 0 Å². The van der Waals surface area contributed by atoms with E-state index in [1.54, 1.807) is 0 Å². The molecular weight excluding hydrogens is 312 g/mol. The van der Waals surface area contributed by atoms with Crippen LogP contribution in [0.5, 0.6) is 0 Å². The van der Waals surface area contributed by atoms with E-state index in [0.29, 0.717) is 18.3 Å². The Bertz CT molecular complexity index is 652. The minimum atomic E-state index is -3.67. The van der Waals surface area contributed by atoms with Gasteiger partial charge in [-0.1, -0.05) is 60.7 Å². The molecule has 1 aliphatic heterocycles. The second kappa shape index (κ2) is 7.70. The van der Waals surface area contributed by atoms with Crippen LogP contribution in [0.15, 0.2) is 60.7 Å². The summed E-state index contributed by atoms with van der Waals surface area (Å²) < 4.78 is 25.9. The standard InChI is InChI=1S/C16H18N2.CH4O3S/c17-15-11-18(12-15)16(13-7-3-1-4-8-13)14-9-5-2-6-10-14;1-5(2,3)4/h1-10,15-16H,11-12,17H2;1H3,(H,2,3,4). The van der Waals surface area contributed by atoms with Gasteiger partial charge in [-0.25, -0.2) is 0 Å². The number of hydrogen-bond donors (Lipinski definition) is 2. The van der Waals surface area contributed by atoms with E-state index in [0.717, 1.165) is 13.1 Å². The Kier molecular flexibility index (Phi) is 5.90. The number of nitrogens with zero attached hydrogens (tertiary/aromatic N) is 1. The van der Waals surface area contributed by atoms with Gasteiger partial charge in [0.2, 0.25) is 0 Å². The number of nitrogens with two attached hydrogens (primary N) is 1. The van der Waals surface area contributed by atoms with Crippen molar-refractivity contribution in [1.29, 1.82) is 0 Å². The predicted octanol–water partition coefficient (Wildman–Crippen LogP) is 1.92. The summed E-state index contributed by atoms with van der Waals surface area (Å²) in [5.41, 5.74) is 8.61. The van der Waals surface area contributed by atoms with Gasteiger partial charge >= 0.3 is 0 Å². The van der Waals surface area contributed by atoms with Crippen LogP contribution in [0.1, 0.15) is 17.2 Å². The van der Waals surface area contributed by atoms with Gasteiger partial charge in [0.1, 0.15) is 0 Å². The lowest BCUT2D eigenvalue weighted by atomic mass is 9.93. The molecular formula is C17H22N2O3S. The molecule has 0 spiro atoms. The molecule has 0 atom stereocenters. The molecule has 0 unspecified atom stereocenters. The highest BCUT2D eigenvalue weighted by molar-refractivity contribution is 7.85. The number of benzene rings is 2. The Morgan fingerprint density at radius 3 is 1.65 bits per heavy atom. The first kappa shape index (κ1) is 17.6. The summed E-state index contributed by atoms with van der Waals surface area (Å²) in [5.74, 6) is 0. The molecule has 6 heteroatoms. The van der Waals surface area contributed by atoms with Crippen LogP contribution in [0.3, 0.4) is 0 Å². The second-order valence-corrected chi connectivity index (χ2v) is 7.14. The first-order valence-electron chi connectivity index (χ1n) is 7.36. The first-order valence-corrected chi connectivity index (χ1v) is 9.21. The molecule has 0 bridgehead atoms. The van der Waals surface area contributed by atoms with Crippen LogP contribution in [0.25, 0.3) is 0 Å². The van der Waals surface area contributed by atoms with E-state index >= 15 is 0 Å². The topological polar surface area (TPSA) is 83.6 Å². The van der Waals surface area contributed by atoms with Gasteiger partial charge in [0.05, 0.1) is 12.3 Å². The van der Waals surface area contributed by atoms with Crippen LogP contribution in [0.2, 0.25) is 0 Å². The van der Waals surface area contributed by atoms with Crippen molar-refractivity contribution >= 4 is 10.1 Å². The van der Waals surface area contributed by atoms with E-state index in [9.17, 15) is 8.42 Å².